The van der Waals surface area contributed by atoms with Gasteiger partial charge in [-0.2, -0.15) is 5.10 Å². The highest BCUT2D eigenvalue weighted by Gasteiger charge is 2.17. The normalized spacial score (nSPS) is 11.4. The van der Waals surface area contributed by atoms with Gasteiger partial charge in [0, 0.05) is 23.9 Å². The SMILES string of the molecule is CC[n+]1cc[nH]c1CN(C)Cc1cn(-c2cc(C)ccc2C)nc1-c1ccccc1. The summed E-state index contributed by atoms with van der Waals surface area (Å²) in [7, 11) is 2.16. The van der Waals surface area contributed by atoms with Gasteiger partial charge in [-0.25, -0.2) is 14.2 Å². The Bertz CT molecular complexity index is 1120. The number of imidazole rings is 1. The Balaban J connectivity index is 1.69. The largest absolute Gasteiger partial charge is 0.291 e. The number of aryl methyl sites for hydroxylation is 3. The molecular formula is C25H30N5+. The van der Waals surface area contributed by atoms with Crippen LogP contribution in [0.15, 0.2) is 67.1 Å². The van der Waals surface area contributed by atoms with Gasteiger partial charge < -0.3 is 0 Å². The predicted octanol–water partition coefficient (Wildman–Crippen LogP) is 4.42. The lowest BCUT2D eigenvalue weighted by Crippen LogP contribution is -2.37. The van der Waals surface area contributed by atoms with E-state index < -0.39 is 0 Å². The zero-order chi connectivity index (χ0) is 21.1. The predicted molar refractivity (Wildman–Crippen MR) is 120 cm³/mol. The van der Waals surface area contributed by atoms with Crippen molar-refractivity contribution in [2.75, 3.05) is 7.05 Å². The number of benzene rings is 2. The van der Waals surface area contributed by atoms with Crippen LogP contribution in [0.1, 0.15) is 29.4 Å². The molecule has 0 fully saturated rings. The Hall–Kier alpha value is -3.18. The molecule has 2 aromatic carbocycles. The monoisotopic (exact) mass is 400 g/mol. The zero-order valence-electron chi connectivity index (χ0n) is 18.3. The summed E-state index contributed by atoms with van der Waals surface area (Å²) < 4.78 is 4.28. The average Bonchev–Trinajstić information content (AvgIpc) is 3.37. The number of hydrogen-bond donors (Lipinski definition) is 1. The Morgan fingerprint density at radius 1 is 1.07 bits per heavy atom. The topological polar surface area (TPSA) is 40.7 Å². The summed E-state index contributed by atoms with van der Waals surface area (Å²) >= 11 is 0. The third-order valence-corrected chi connectivity index (χ3v) is 5.50. The van der Waals surface area contributed by atoms with Crippen molar-refractivity contribution in [1.29, 1.82) is 0 Å². The molecule has 154 valence electrons. The molecule has 4 rings (SSSR count). The number of rotatable bonds is 7. The van der Waals surface area contributed by atoms with Gasteiger partial charge in [-0.3, -0.25) is 4.90 Å². The van der Waals surface area contributed by atoms with Crippen molar-refractivity contribution in [1.82, 2.24) is 19.7 Å². The summed E-state index contributed by atoms with van der Waals surface area (Å²) in [5.41, 5.74) is 7.00. The van der Waals surface area contributed by atoms with Crippen molar-refractivity contribution in [3.63, 3.8) is 0 Å². The first kappa shape index (κ1) is 20.1. The highest BCUT2D eigenvalue weighted by atomic mass is 15.3. The summed E-state index contributed by atoms with van der Waals surface area (Å²) in [4.78, 5) is 5.69. The second kappa shape index (κ2) is 8.67. The fourth-order valence-electron chi connectivity index (χ4n) is 3.89. The molecule has 2 heterocycles. The number of nitrogens with one attached hydrogen (secondary N) is 1. The van der Waals surface area contributed by atoms with Gasteiger partial charge in [0.05, 0.1) is 17.9 Å². The molecule has 0 aliphatic carbocycles. The Morgan fingerprint density at radius 3 is 2.63 bits per heavy atom. The molecular weight excluding hydrogens is 370 g/mol. The van der Waals surface area contributed by atoms with Crippen LogP contribution in [0.2, 0.25) is 0 Å². The molecule has 0 amide bonds. The minimum Gasteiger partial charge on any atom is -0.291 e. The molecule has 0 unspecified atom stereocenters. The van der Waals surface area contributed by atoms with Crippen LogP contribution in [-0.4, -0.2) is 26.7 Å². The maximum Gasteiger partial charge on any atom is 0.268 e. The van der Waals surface area contributed by atoms with Crippen molar-refractivity contribution in [3.05, 3.63) is 89.6 Å². The summed E-state index contributed by atoms with van der Waals surface area (Å²) in [6.45, 7) is 9.06. The molecule has 1 N–H and O–H groups in total. The van der Waals surface area contributed by atoms with Crippen molar-refractivity contribution in [2.45, 2.75) is 40.4 Å². The van der Waals surface area contributed by atoms with Crippen LogP contribution in [0, 0.1) is 13.8 Å². The van der Waals surface area contributed by atoms with E-state index >= 15 is 0 Å². The van der Waals surface area contributed by atoms with Crippen molar-refractivity contribution in [2.24, 2.45) is 0 Å². The first-order valence-electron chi connectivity index (χ1n) is 10.5. The van der Waals surface area contributed by atoms with Gasteiger partial charge >= 0.3 is 0 Å². The van der Waals surface area contributed by atoms with Crippen LogP contribution in [-0.2, 0) is 19.6 Å². The van der Waals surface area contributed by atoms with E-state index in [0.717, 1.165) is 36.6 Å². The van der Waals surface area contributed by atoms with Gasteiger partial charge in [0.2, 0.25) is 0 Å². The average molecular weight is 401 g/mol. The van der Waals surface area contributed by atoms with E-state index in [4.69, 9.17) is 5.10 Å². The minimum atomic E-state index is 0.817. The van der Waals surface area contributed by atoms with E-state index in [1.54, 1.807) is 0 Å². The lowest BCUT2D eigenvalue weighted by atomic mass is 10.1. The van der Waals surface area contributed by atoms with E-state index in [1.165, 1.54) is 22.5 Å². The molecule has 30 heavy (non-hydrogen) atoms. The maximum absolute atomic E-state index is 5.01. The Labute approximate surface area is 178 Å². The fourth-order valence-corrected chi connectivity index (χ4v) is 3.89. The van der Waals surface area contributed by atoms with E-state index in [0.29, 0.717) is 0 Å². The zero-order valence-corrected chi connectivity index (χ0v) is 18.3. The molecule has 2 aromatic heterocycles. The highest BCUT2D eigenvalue weighted by molar-refractivity contribution is 5.63. The summed E-state index contributed by atoms with van der Waals surface area (Å²) in [5.74, 6) is 1.21. The minimum absolute atomic E-state index is 0.817. The number of H-pyrrole nitrogens is 1. The smallest absolute Gasteiger partial charge is 0.268 e. The van der Waals surface area contributed by atoms with Gasteiger partial charge in [-0.1, -0.05) is 42.5 Å². The van der Waals surface area contributed by atoms with E-state index in [9.17, 15) is 0 Å². The molecule has 0 radical (unpaired) electrons. The van der Waals surface area contributed by atoms with Crippen LogP contribution >= 0.6 is 0 Å². The van der Waals surface area contributed by atoms with E-state index in [-0.39, 0.29) is 0 Å². The van der Waals surface area contributed by atoms with Crippen molar-refractivity contribution in [3.8, 4) is 16.9 Å². The maximum atomic E-state index is 5.01. The quantitative estimate of drug-likeness (QED) is 0.467. The highest BCUT2D eigenvalue weighted by Crippen LogP contribution is 2.26. The van der Waals surface area contributed by atoms with Crippen molar-refractivity contribution < 1.29 is 4.57 Å². The second-order valence-corrected chi connectivity index (χ2v) is 7.97. The molecule has 0 spiro atoms. The molecule has 0 saturated carbocycles. The number of aromatic amines is 1. The van der Waals surface area contributed by atoms with Gasteiger partial charge in [0.25, 0.3) is 5.82 Å². The third-order valence-electron chi connectivity index (χ3n) is 5.50. The third kappa shape index (κ3) is 4.21. The Kier molecular flexibility index (Phi) is 5.81. The van der Waals surface area contributed by atoms with Crippen LogP contribution in [0.3, 0.4) is 0 Å². The number of hydrogen-bond acceptors (Lipinski definition) is 2. The number of aromatic nitrogens is 4. The van der Waals surface area contributed by atoms with Crippen LogP contribution in [0.25, 0.3) is 16.9 Å². The first-order valence-corrected chi connectivity index (χ1v) is 10.5. The van der Waals surface area contributed by atoms with Crippen molar-refractivity contribution >= 4 is 0 Å². The second-order valence-electron chi connectivity index (χ2n) is 7.97. The van der Waals surface area contributed by atoms with Crippen LogP contribution in [0.4, 0.5) is 0 Å². The molecule has 5 nitrogen and oxygen atoms in total. The molecule has 0 aliphatic rings. The van der Waals surface area contributed by atoms with Gasteiger partial charge in [0.15, 0.2) is 0 Å². The first-order chi connectivity index (χ1) is 14.5. The van der Waals surface area contributed by atoms with E-state index in [1.807, 2.05) is 16.9 Å². The lowest BCUT2D eigenvalue weighted by molar-refractivity contribution is -0.700. The van der Waals surface area contributed by atoms with Crippen LogP contribution < -0.4 is 4.57 Å². The lowest BCUT2D eigenvalue weighted by Gasteiger charge is -2.14. The van der Waals surface area contributed by atoms with Crippen LogP contribution in [0.5, 0.6) is 0 Å². The summed E-state index contributed by atoms with van der Waals surface area (Å²) in [6, 6.07) is 17.0. The molecule has 0 atom stereocenters. The molecule has 4 aromatic rings. The summed E-state index contributed by atoms with van der Waals surface area (Å²) in [5, 5.41) is 5.01. The standard InChI is InChI=1S/C25H29N5/c1-5-29-14-13-26-24(29)18-28(4)16-22-17-30(23-15-19(2)11-12-20(23)3)27-25(22)21-9-7-6-8-10-21/h6-15,17H,5,16,18H2,1-4H3/p+1. The summed E-state index contributed by atoms with van der Waals surface area (Å²) in [6.07, 6.45) is 6.28. The van der Waals surface area contributed by atoms with Gasteiger partial charge in [-0.05, 0) is 45.0 Å². The van der Waals surface area contributed by atoms with Gasteiger partial charge in [-0.15, -0.1) is 0 Å². The fraction of sp³-hybridized carbons (Fsp3) is 0.280. The number of nitrogens with zero attached hydrogens (tertiary/aromatic N) is 4. The molecule has 0 aliphatic heterocycles. The van der Waals surface area contributed by atoms with Gasteiger partial charge in [0.1, 0.15) is 18.9 Å². The van der Waals surface area contributed by atoms with E-state index in [2.05, 4.69) is 97.1 Å². The molecule has 5 heteroatoms. The molecule has 0 bridgehead atoms. The molecule has 0 saturated heterocycles. The Morgan fingerprint density at radius 2 is 1.87 bits per heavy atom.